The van der Waals surface area contributed by atoms with Gasteiger partial charge in [0.2, 0.25) is 0 Å². The van der Waals surface area contributed by atoms with E-state index in [4.69, 9.17) is 0 Å². The number of thiazole rings is 1. The van der Waals surface area contributed by atoms with Crippen molar-refractivity contribution >= 4 is 17.4 Å². The van der Waals surface area contributed by atoms with E-state index in [-0.39, 0.29) is 6.04 Å². The van der Waals surface area contributed by atoms with Crippen molar-refractivity contribution in [2.45, 2.75) is 51.9 Å². The SMILES string of the molecule is CCC(CC)NC(=O)N=c1sc(C)cn1-c1ccc2c(c1)OC(F)(F)C(F)(F)O2. The number of aryl methyl sites for hydroxylation is 1. The molecule has 0 bridgehead atoms. The summed E-state index contributed by atoms with van der Waals surface area (Å²) in [7, 11) is 0. The molecule has 3 rings (SSSR count). The number of alkyl halides is 4. The smallest absolute Gasteiger partial charge is 0.421 e. The van der Waals surface area contributed by atoms with Crippen LogP contribution in [-0.2, 0) is 0 Å². The van der Waals surface area contributed by atoms with Crippen LogP contribution in [0.1, 0.15) is 31.6 Å². The van der Waals surface area contributed by atoms with Gasteiger partial charge in [-0.3, -0.25) is 4.57 Å². The van der Waals surface area contributed by atoms with Gasteiger partial charge in [-0.15, -0.1) is 11.3 Å². The molecule has 0 fully saturated rings. The fraction of sp³-hybridized carbons (Fsp3) is 0.444. The first kappa shape index (κ1) is 21.2. The third-order valence-electron chi connectivity index (χ3n) is 4.30. The Kier molecular flexibility index (Phi) is 5.61. The number of rotatable bonds is 4. The first-order valence-corrected chi connectivity index (χ1v) is 9.70. The zero-order valence-corrected chi connectivity index (χ0v) is 16.7. The minimum absolute atomic E-state index is 0.0149. The molecule has 29 heavy (non-hydrogen) atoms. The van der Waals surface area contributed by atoms with E-state index < -0.39 is 29.7 Å². The summed E-state index contributed by atoms with van der Waals surface area (Å²) >= 11 is 1.21. The topological polar surface area (TPSA) is 64.9 Å². The monoisotopic (exact) mass is 433 g/mol. The van der Waals surface area contributed by atoms with Gasteiger partial charge in [0.15, 0.2) is 16.3 Å². The fourth-order valence-corrected chi connectivity index (χ4v) is 3.54. The molecule has 2 heterocycles. The van der Waals surface area contributed by atoms with E-state index in [2.05, 4.69) is 19.8 Å². The Morgan fingerprint density at radius 1 is 1.17 bits per heavy atom. The van der Waals surface area contributed by atoms with Crippen molar-refractivity contribution < 1.29 is 31.8 Å². The Balaban J connectivity index is 1.97. The maximum Gasteiger partial charge on any atom is 0.507 e. The molecule has 1 N–H and O–H groups in total. The highest BCUT2D eigenvalue weighted by Crippen LogP contribution is 2.47. The van der Waals surface area contributed by atoms with Crippen molar-refractivity contribution in [1.82, 2.24) is 9.88 Å². The second-order valence-electron chi connectivity index (χ2n) is 6.44. The van der Waals surface area contributed by atoms with Gasteiger partial charge in [-0.25, -0.2) is 4.79 Å². The van der Waals surface area contributed by atoms with Gasteiger partial charge in [0, 0.05) is 23.2 Å². The quantitative estimate of drug-likeness (QED) is 0.717. The van der Waals surface area contributed by atoms with Crippen LogP contribution in [0.25, 0.3) is 5.69 Å². The lowest BCUT2D eigenvalue weighted by molar-refractivity contribution is -0.391. The molecule has 0 aliphatic carbocycles. The molecule has 158 valence electrons. The highest BCUT2D eigenvalue weighted by Gasteiger charge is 2.65. The number of aromatic nitrogens is 1. The number of hydrogen-bond acceptors (Lipinski definition) is 4. The summed E-state index contributed by atoms with van der Waals surface area (Å²) in [5, 5.41) is 2.78. The van der Waals surface area contributed by atoms with Crippen molar-refractivity contribution in [3.05, 3.63) is 34.1 Å². The van der Waals surface area contributed by atoms with Crippen LogP contribution in [0.4, 0.5) is 22.4 Å². The minimum atomic E-state index is -4.81. The number of urea groups is 1. The average molecular weight is 433 g/mol. The fourth-order valence-electron chi connectivity index (χ4n) is 2.71. The molecule has 1 aliphatic heterocycles. The van der Waals surface area contributed by atoms with E-state index >= 15 is 0 Å². The Bertz CT molecular complexity index is 983. The third kappa shape index (κ3) is 4.24. The highest BCUT2D eigenvalue weighted by molar-refractivity contribution is 7.09. The maximum atomic E-state index is 13.5. The van der Waals surface area contributed by atoms with Crippen molar-refractivity contribution in [1.29, 1.82) is 0 Å². The molecule has 0 atom stereocenters. The van der Waals surface area contributed by atoms with Gasteiger partial charge in [-0.2, -0.15) is 22.6 Å². The number of carbonyl (C=O) groups is 1. The molecule has 0 spiro atoms. The van der Waals surface area contributed by atoms with Crippen molar-refractivity contribution in [2.24, 2.45) is 4.99 Å². The molecule has 1 aliphatic rings. The van der Waals surface area contributed by atoms with E-state index in [9.17, 15) is 22.4 Å². The number of halogens is 4. The van der Waals surface area contributed by atoms with Crippen molar-refractivity contribution in [2.75, 3.05) is 0 Å². The molecule has 1 aromatic carbocycles. The molecule has 0 saturated heterocycles. The lowest BCUT2D eigenvalue weighted by Crippen LogP contribution is -2.52. The summed E-state index contributed by atoms with van der Waals surface area (Å²) in [6, 6.07) is 3.06. The lowest BCUT2D eigenvalue weighted by Gasteiger charge is -2.31. The van der Waals surface area contributed by atoms with Crippen LogP contribution in [0.3, 0.4) is 0 Å². The summed E-state index contributed by atoms with van der Waals surface area (Å²) in [5.41, 5.74) is 0.298. The summed E-state index contributed by atoms with van der Waals surface area (Å²) in [5.74, 6) is -1.05. The summed E-state index contributed by atoms with van der Waals surface area (Å²) in [4.78, 5) is 17.3. The molecule has 1 aromatic heterocycles. The van der Waals surface area contributed by atoms with Gasteiger partial charge in [0.25, 0.3) is 0 Å². The first-order valence-electron chi connectivity index (χ1n) is 8.88. The van der Waals surface area contributed by atoms with Crippen LogP contribution in [0.5, 0.6) is 11.5 Å². The standard InChI is InChI=1S/C18H19F4N3O3S/c1-4-11(5-2)23-15(26)24-16-25(9-10(3)29-16)12-6-7-13-14(8-12)28-18(21,22)17(19,20)27-13/h6-9,11H,4-5H2,1-3H3,(H,23,26). The Morgan fingerprint density at radius 2 is 1.79 bits per heavy atom. The Hall–Kier alpha value is -2.56. The number of nitrogens with zero attached hydrogens (tertiary/aromatic N) is 2. The second-order valence-corrected chi connectivity index (χ2v) is 7.65. The van der Waals surface area contributed by atoms with E-state index in [1.54, 1.807) is 13.1 Å². The Labute approximate surface area is 167 Å². The van der Waals surface area contributed by atoms with Crippen LogP contribution in [0, 0.1) is 6.92 Å². The van der Waals surface area contributed by atoms with Crippen molar-refractivity contribution in [3.63, 3.8) is 0 Å². The molecule has 2 aromatic rings. The van der Waals surface area contributed by atoms with Gasteiger partial charge in [-0.1, -0.05) is 13.8 Å². The second kappa shape index (κ2) is 7.69. The van der Waals surface area contributed by atoms with Crippen LogP contribution in [0.15, 0.2) is 29.4 Å². The van der Waals surface area contributed by atoms with Gasteiger partial charge in [-0.05, 0) is 31.9 Å². The van der Waals surface area contributed by atoms with Gasteiger partial charge in [0.1, 0.15) is 0 Å². The molecule has 0 unspecified atom stereocenters. The number of amides is 2. The van der Waals surface area contributed by atoms with Crippen LogP contribution in [-0.4, -0.2) is 28.9 Å². The highest BCUT2D eigenvalue weighted by atomic mass is 32.1. The van der Waals surface area contributed by atoms with E-state index in [0.29, 0.717) is 10.5 Å². The number of ether oxygens (including phenoxy) is 2. The molecule has 6 nitrogen and oxygen atoms in total. The summed E-state index contributed by atoms with van der Waals surface area (Å²) < 4.78 is 63.3. The third-order valence-corrected chi connectivity index (χ3v) is 5.20. The molecular formula is C18H19F4N3O3S. The number of carbonyl (C=O) groups excluding carboxylic acids is 1. The van der Waals surface area contributed by atoms with Crippen molar-refractivity contribution in [3.8, 4) is 17.2 Å². The minimum Gasteiger partial charge on any atom is -0.421 e. The van der Waals surface area contributed by atoms with Crippen LogP contribution >= 0.6 is 11.3 Å². The molecule has 0 saturated carbocycles. The molecule has 2 amide bonds. The number of nitrogens with one attached hydrogen (secondary N) is 1. The molecule has 11 heteroatoms. The predicted molar refractivity (Wildman–Crippen MR) is 98.0 cm³/mol. The van der Waals surface area contributed by atoms with E-state index in [1.165, 1.54) is 22.0 Å². The van der Waals surface area contributed by atoms with Gasteiger partial charge < -0.3 is 14.8 Å². The number of fused-ring (bicyclic) bond motifs is 1. The first-order chi connectivity index (χ1) is 13.6. The maximum absolute atomic E-state index is 13.5. The summed E-state index contributed by atoms with van der Waals surface area (Å²) in [6.07, 6.45) is -6.44. The largest absolute Gasteiger partial charge is 0.507 e. The predicted octanol–water partition coefficient (Wildman–Crippen LogP) is 4.60. The Morgan fingerprint density at radius 3 is 2.41 bits per heavy atom. The van der Waals surface area contributed by atoms with Crippen LogP contribution < -0.4 is 19.6 Å². The molecule has 0 radical (unpaired) electrons. The lowest BCUT2D eigenvalue weighted by atomic mass is 10.2. The number of hydrogen-bond donors (Lipinski definition) is 1. The van der Waals surface area contributed by atoms with E-state index in [1.807, 2.05) is 13.8 Å². The van der Waals surface area contributed by atoms with Gasteiger partial charge >= 0.3 is 18.2 Å². The summed E-state index contributed by atoms with van der Waals surface area (Å²) in [6.45, 7) is 5.67. The van der Waals surface area contributed by atoms with E-state index in [0.717, 1.165) is 29.9 Å². The normalized spacial score (nSPS) is 17.4. The number of benzene rings is 1. The van der Waals surface area contributed by atoms with Gasteiger partial charge in [0.05, 0.1) is 5.69 Å². The zero-order chi connectivity index (χ0) is 21.4. The zero-order valence-electron chi connectivity index (χ0n) is 15.8. The van der Waals surface area contributed by atoms with Crippen LogP contribution in [0.2, 0.25) is 0 Å². The average Bonchev–Trinajstić information content (AvgIpc) is 2.99. The molecular weight excluding hydrogens is 414 g/mol.